The van der Waals surface area contributed by atoms with E-state index in [2.05, 4.69) is 76.1 Å². The highest BCUT2D eigenvalue weighted by atomic mass is 79.9. The summed E-state index contributed by atoms with van der Waals surface area (Å²) >= 11 is 3.69. The first-order valence-corrected chi connectivity index (χ1v) is 8.55. The van der Waals surface area contributed by atoms with Crippen molar-refractivity contribution < 1.29 is 0 Å². The van der Waals surface area contributed by atoms with Gasteiger partial charge in [0.2, 0.25) is 0 Å². The van der Waals surface area contributed by atoms with Crippen LogP contribution in [0.4, 0.5) is 5.69 Å². The maximum atomic E-state index is 4.63. The van der Waals surface area contributed by atoms with Crippen LogP contribution < -0.4 is 5.32 Å². The van der Waals surface area contributed by atoms with Crippen molar-refractivity contribution in [1.29, 1.82) is 0 Å². The van der Waals surface area contributed by atoms with Crippen LogP contribution in [0.15, 0.2) is 28.7 Å². The second-order valence-corrected chi connectivity index (χ2v) is 5.97. The number of hydrogen-bond donors (Lipinski definition) is 1. The first kappa shape index (κ1) is 16.1. The predicted molar refractivity (Wildman–Crippen MR) is 92.7 cm³/mol. The number of benzene rings is 1. The largest absolute Gasteiger partial charge is 0.379 e. The summed E-state index contributed by atoms with van der Waals surface area (Å²) in [5, 5.41) is 8.12. The molecule has 4 heteroatoms. The molecule has 0 bridgehead atoms. The van der Waals surface area contributed by atoms with Gasteiger partial charge in [0.15, 0.2) is 0 Å². The summed E-state index contributed by atoms with van der Waals surface area (Å²) in [5.74, 6) is 0. The molecule has 2 rings (SSSR count). The highest BCUT2D eigenvalue weighted by molar-refractivity contribution is 9.10. The van der Waals surface area contributed by atoms with Crippen LogP contribution in [-0.2, 0) is 25.9 Å². The minimum absolute atomic E-state index is 0.786. The summed E-state index contributed by atoms with van der Waals surface area (Å²) in [6.07, 6.45) is 3.29. The zero-order valence-corrected chi connectivity index (χ0v) is 14.7. The van der Waals surface area contributed by atoms with E-state index in [1.807, 2.05) is 0 Å². The van der Waals surface area contributed by atoms with Crippen LogP contribution in [0.25, 0.3) is 0 Å². The summed E-state index contributed by atoms with van der Waals surface area (Å²) < 4.78 is 3.21. The molecular formula is C17H24BrN3. The highest BCUT2D eigenvalue weighted by Gasteiger charge is 2.13. The number of aryl methyl sites for hydroxylation is 3. The third-order valence-electron chi connectivity index (χ3n) is 3.65. The molecule has 0 aliphatic carbocycles. The van der Waals surface area contributed by atoms with Crippen molar-refractivity contribution in [3.8, 4) is 0 Å². The van der Waals surface area contributed by atoms with Gasteiger partial charge in [0, 0.05) is 12.2 Å². The molecule has 1 aromatic heterocycles. The monoisotopic (exact) mass is 349 g/mol. The van der Waals surface area contributed by atoms with Gasteiger partial charge < -0.3 is 5.32 Å². The summed E-state index contributed by atoms with van der Waals surface area (Å²) in [4.78, 5) is 0. The van der Waals surface area contributed by atoms with Gasteiger partial charge in [-0.1, -0.05) is 32.4 Å². The lowest BCUT2D eigenvalue weighted by molar-refractivity contribution is 0.619. The van der Waals surface area contributed by atoms with Crippen LogP contribution in [0.2, 0.25) is 0 Å². The van der Waals surface area contributed by atoms with E-state index in [1.54, 1.807) is 0 Å². The smallest absolute Gasteiger partial charge is 0.0767 e. The fourth-order valence-corrected chi connectivity index (χ4v) is 3.15. The Morgan fingerprint density at radius 2 is 1.86 bits per heavy atom. The summed E-state index contributed by atoms with van der Waals surface area (Å²) in [6.45, 7) is 8.15. The van der Waals surface area contributed by atoms with E-state index in [0.29, 0.717) is 0 Å². The van der Waals surface area contributed by atoms with Crippen LogP contribution in [0.1, 0.15) is 44.1 Å². The highest BCUT2D eigenvalue weighted by Crippen LogP contribution is 2.23. The molecule has 0 spiro atoms. The Labute approximate surface area is 135 Å². The Kier molecular flexibility index (Phi) is 5.85. The summed E-state index contributed by atoms with van der Waals surface area (Å²) in [5.41, 5.74) is 4.90. The van der Waals surface area contributed by atoms with E-state index in [1.165, 1.54) is 17.7 Å². The molecule has 0 aliphatic heterocycles. The van der Waals surface area contributed by atoms with Crippen molar-refractivity contribution in [1.82, 2.24) is 9.78 Å². The lowest BCUT2D eigenvalue weighted by Gasteiger charge is -2.09. The normalized spacial score (nSPS) is 10.9. The molecule has 0 unspecified atom stereocenters. The van der Waals surface area contributed by atoms with Crippen LogP contribution in [0.3, 0.4) is 0 Å². The average Bonchev–Trinajstić information content (AvgIpc) is 2.82. The van der Waals surface area contributed by atoms with Gasteiger partial charge in [-0.15, -0.1) is 0 Å². The number of hydrogen-bond acceptors (Lipinski definition) is 2. The van der Waals surface area contributed by atoms with E-state index < -0.39 is 0 Å². The van der Waals surface area contributed by atoms with Crippen molar-refractivity contribution in [2.24, 2.45) is 0 Å². The van der Waals surface area contributed by atoms with Gasteiger partial charge in [0.1, 0.15) is 0 Å². The molecule has 1 N–H and O–H groups in total. The van der Waals surface area contributed by atoms with Crippen molar-refractivity contribution in [2.75, 3.05) is 5.32 Å². The molecule has 0 atom stereocenters. The van der Waals surface area contributed by atoms with Gasteiger partial charge in [-0.3, -0.25) is 4.68 Å². The topological polar surface area (TPSA) is 29.9 Å². The predicted octanol–water partition coefficient (Wildman–Crippen LogP) is 4.79. The number of aromatic nitrogens is 2. The molecular weight excluding hydrogens is 326 g/mol. The second-order valence-electron chi connectivity index (χ2n) is 5.18. The van der Waals surface area contributed by atoms with Gasteiger partial charge in [-0.2, -0.15) is 5.10 Å². The van der Waals surface area contributed by atoms with E-state index in [4.69, 9.17) is 0 Å². The van der Waals surface area contributed by atoms with Crippen LogP contribution in [-0.4, -0.2) is 9.78 Å². The van der Waals surface area contributed by atoms with Crippen molar-refractivity contribution in [3.63, 3.8) is 0 Å². The van der Waals surface area contributed by atoms with E-state index >= 15 is 0 Å². The van der Waals surface area contributed by atoms with E-state index in [0.717, 1.165) is 41.8 Å². The number of nitrogens with one attached hydrogen (secondary N) is 1. The van der Waals surface area contributed by atoms with Crippen LogP contribution >= 0.6 is 15.9 Å². The SMILES string of the molecule is CCCc1ccc(NCc2c(Br)c(CC)nn2CC)cc1. The third kappa shape index (κ3) is 3.88. The van der Waals surface area contributed by atoms with Gasteiger partial charge >= 0.3 is 0 Å². The molecule has 0 saturated carbocycles. The standard InChI is InChI=1S/C17H24BrN3/c1-4-7-13-8-10-14(11-9-13)19-12-16-17(18)15(5-2)20-21(16)6-3/h8-11,19H,4-7,12H2,1-3H3. The van der Waals surface area contributed by atoms with E-state index in [-0.39, 0.29) is 0 Å². The Bertz CT molecular complexity index is 572. The fraction of sp³-hybridized carbons (Fsp3) is 0.471. The zero-order valence-electron chi connectivity index (χ0n) is 13.1. The molecule has 114 valence electrons. The van der Waals surface area contributed by atoms with Gasteiger partial charge in [0.25, 0.3) is 0 Å². The number of nitrogens with zero attached hydrogens (tertiary/aromatic N) is 2. The lowest BCUT2D eigenvalue weighted by atomic mass is 10.1. The number of halogens is 1. The first-order valence-electron chi connectivity index (χ1n) is 7.76. The van der Waals surface area contributed by atoms with Crippen molar-refractivity contribution in [2.45, 2.75) is 53.1 Å². The molecule has 3 nitrogen and oxygen atoms in total. The maximum Gasteiger partial charge on any atom is 0.0767 e. The third-order valence-corrected chi connectivity index (χ3v) is 4.56. The quantitative estimate of drug-likeness (QED) is 0.778. The van der Waals surface area contributed by atoms with E-state index in [9.17, 15) is 0 Å². The maximum absolute atomic E-state index is 4.63. The Balaban J connectivity index is 2.07. The molecule has 2 aromatic rings. The molecule has 0 amide bonds. The van der Waals surface area contributed by atoms with Crippen molar-refractivity contribution in [3.05, 3.63) is 45.7 Å². The molecule has 1 aromatic carbocycles. The summed E-state index contributed by atoms with van der Waals surface area (Å²) in [6, 6.07) is 8.73. The molecule has 21 heavy (non-hydrogen) atoms. The Hall–Kier alpha value is -1.29. The second kappa shape index (κ2) is 7.64. The molecule has 0 aliphatic rings. The minimum atomic E-state index is 0.786. The first-order chi connectivity index (χ1) is 10.2. The molecule has 0 saturated heterocycles. The van der Waals surface area contributed by atoms with Gasteiger partial charge in [0.05, 0.1) is 22.4 Å². The van der Waals surface area contributed by atoms with Gasteiger partial charge in [-0.05, 0) is 53.4 Å². The lowest BCUT2D eigenvalue weighted by Crippen LogP contribution is -2.08. The zero-order chi connectivity index (χ0) is 15.2. The van der Waals surface area contributed by atoms with Crippen LogP contribution in [0.5, 0.6) is 0 Å². The molecule has 1 heterocycles. The summed E-state index contributed by atoms with van der Waals surface area (Å²) in [7, 11) is 0. The number of rotatable bonds is 7. The van der Waals surface area contributed by atoms with Crippen LogP contribution in [0, 0.1) is 0 Å². The Morgan fingerprint density at radius 3 is 2.43 bits per heavy atom. The Morgan fingerprint density at radius 1 is 1.14 bits per heavy atom. The molecule has 0 radical (unpaired) electrons. The molecule has 0 fully saturated rings. The fourth-order valence-electron chi connectivity index (χ4n) is 2.45. The minimum Gasteiger partial charge on any atom is -0.379 e. The van der Waals surface area contributed by atoms with Gasteiger partial charge in [-0.25, -0.2) is 0 Å². The number of anilines is 1. The average molecular weight is 350 g/mol. The van der Waals surface area contributed by atoms with Crippen molar-refractivity contribution >= 4 is 21.6 Å².